The van der Waals surface area contributed by atoms with Crippen molar-refractivity contribution in [1.82, 2.24) is 10.4 Å². The fraction of sp³-hybridized carbons (Fsp3) is 0.118. The van der Waals surface area contributed by atoms with Gasteiger partial charge < -0.3 is 0 Å². The number of fused-ring (bicyclic) bond motifs is 1. The number of hydrazine groups is 1. The Morgan fingerprint density at radius 3 is 2.71 bits per heavy atom. The average Bonchev–Trinajstić information content (AvgIpc) is 2.56. The molecule has 0 fully saturated rings. The van der Waals surface area contributed by atoms with Crippen molar-refractivity contribution in [1.29, 1.82) is 0 Å². The Kier molecular flexibility index (Phi) is 4.50. The van der Waals surface area contributed by atoms with Crippen molar-refractivity contribution in [2.45, 2.75) is 10.9 Å². The minimum atomic E-state index is 0.0987. The van der Waals surface area contributed by atoms with E-state index in [1.54, 1.807) is 11.8 Å². The number of thioether (sulfide) groups is 1. The molecule has 0 aliphatic carbocycles. The van der Waals surface area contributed by atoms with Crippen LogP contribution >= 0.6 is 11.8 Å². The smallest absolute Gasteiger partial charge is 0.0705 e. The summed E-state index contributed by atoms with van der Waals surface area (Å²) in [5, 5.41) is 1.15. The van der Waals surface area contributed by atoms with Gasteiger partial charge in [-0.3, -0.25) is 16.3 Å². The Labute approximate surface area is 128 Å². The van der Waals surface area contributed by atoms with Gasteiger partial charge in [0, 0.05) is 22.2 Å². The summed E-state index contributed by atoms with van der Waals surface area (Å²) in [5.41, 5.74) is 5.06. The van der Waals surface area contributed by atoms with E-state index in [-0.39, 0.29) is 6.04 Å². The fourth-order valence-electron chi connectivity index (χ4n) is 2.24. The highest BCUT2D eigenvalue weighted by Crippen LogP contribution is 2.25. The molecule has 21 heavy (non-hydrogen) atoms. The van der Waals surface area contributed by atoms with Crippen molar-refractivity contribution in [2.24, 2.45) is 5.84 Å². The Morgan fingerprint density at radius 1 is 1.05 bits per heavy atom. The summed E-state index contributed by atoms with van der Waals surface area (Å²) < 4.78 is 0. The molecular weight excluding hydrogens is 278 g/mol. The summed E-state index contributed by atoms with van der Waals surface area (Å²) in [7, 11) is 0. The van der Waals surface area contributed by atoms with Gasteiger partial charge in [0.1, 0.15) is 0 Å². The third-order valence-corrected chi connectivity index (χ3v) is 4.50. The number of pyridine rings is 1. The van der Waals surface area contributed by atoms with E-state index in [1.165, 1.54) is 4.90 Å². The second-order valence-corrected chi connectivity index (χ2v) is 5.89. The van der Waals surface area contributed by atoms with Crippen LogP contribution in [0.2, 0.25) is 0 Å². The standard InChI is InChI=1S/C17H17N3S/c18-20-17(12-21-15-6-2-1-3-7-15)14-9-8-13-5-4-10-19-16(13)11-14/h1-11,17,20H,12,18H2. The molecule has 3 nitrogen and oxygen atoms in total. The van der Waals surface area contributed by atoms with Gasteiger partial charge in [0.15, 0.2) is 0 Å². The van der Waals surface area contributed by atoms with Crippen LogP contribution in [0.25, 0.3) is 10.9 Å². The maximum atomic E-state index is 5.73. The zero-order valence-corrected chi connectivity index (χ0v) is 12.4. The summed E-state index contributed by atoms with van der Waals surface area (Å²) in [4.78, 5) is 5.65. The number of rotatable bonds is 5. The first-order valence-corrected chi connectivity index (χ1v) is 7.84. The monoisotopic (exact) mass is 295 g/mol. The van der Waals surface area contributed by atoms with Gasteiger partial charge >= 0.3 is 0 Å². The number of nitrogens with zero attached hydrogens (tertiary/aromatic N) is 1. The van der Waals surface area contributed by atoms with E-state index in [0.29, 0.717) is 0 Å². The van der Waals surface area contributed by atoms with Crippen molar-refractivity contribution >= 4 is 22.7 Å². The van der Waals surface area contributed by atoms with Crippen LogP contribution in [0.1, 0.15) is 11.6 Å². The van der Waals surface area contributed by atoms with Crippen LogP contribution in [-0.2, 0) is 0 Å². The maximum Gasteiger partial charge on any atom is 0.0705 e. The van der Waals surface area contributed by atoms with Crippen LogP contribution in [0.15, 0.2) is 71.8 Å². The van der Waals surface area contributed by atoms with E-state index in [2.05, 4.69) is 46.8 Å². The van der Waals surface area contributed by atoms with E-state index in [1.807, 2.05) is 30.5 Å². The lowest BCUT2D eigenvalue weighted by Gasteiger charge is -2.16. The number of nitrogens with two attached hydrogens (primary N) is 1. The number of nitrogens with one attached hydrogen (secondary N) is 1. The summed E-state index contributed by atoms with van der Waals surface area (Å²) in [5.74, 6) is 6.60. The second-order valence-electron chi connectivity index (χ2n) is 4.80. The van der Waals surface area contributed by atoms with Gasteiger partial charge in [-0.1, -0.05) is 36.4 Å². The average molecular weight is 295 g/mol. The Bertz CT molecular complexity index is 715. The highest BCUT2D eigenvalue weighted by Gasteiger charge is 2.11. The van der Waals surface area contributed by atoms with Crippen molar-refractivity contribution < 1.29 is 0 Å². The lowest BCUT2D eigenvalue weighted by Crippen LogP contribution is -2.29. The number of aromatic nitrogens is 1. The van der Waals surface area contributed by atoms with E-state index < -0.39 is 0 Å². The first-order chi connectivity index (χ1) is 10.4. The van der Waals surface area contributed by atoms with Crippen molar-refractivity contribution in [3.63, 3.8) is 0 Å². The van der Waals surface area contributed by atoms with E-state index in [0.717, 1.165) is 22.2 Å². The zero-order valence-electron chi connectivity index (χ0n) is 11.6. The van der Waals surface area contributed by atoms with Crippen LogP contribution in [0.4, 0.5) is 0 Å². The van der Waals surface area contributed by atoms with Gasteiger partial charge in [0.05, 0.1) is 11.6 Å². The van der Waals surface area contributed by atoms with Gasteiger partial charge in [0.25, 0.3) is 0 Å². The Hall–Kier alpha value is -1.88. The molecule has 2 aromatic carbocycles. The third kappa shape index (κ3) is 3.42. The minimum Gasteiger partial charge on any atom is -0.271 e. The largest absolute Gasteiger partial charge is 0.271 e. The van der Waals surface area contributed by atoms with E-state index in [9.17, 15) is 0 Å². The molecule has 0 radical (unpaired) electrons. The number of hydrogen-bond acceptors (Lipinski definition) is 4. The summed E-state index contributed by atoms with van der Waals surface area (Å²) in [6.45, 7) is 0. The molecule has 3 aromatic rings. The third-order valence-electron chi connectivity index (χ3n) is 3.39. The molecule has 0 saturated heterocycles. The van der Waals surface area contributed by atoms with Crippen molar-refractivity contribution in [3.05, 3.63) is 72.4 Å². The van der Waals surface area contributed by atoms with Crippen LogP contribution in [0.3, 0.4) is 0 Å². The molecule has 3 N–H and O–H groups in total. The minimum absolute atomic E-state index is 0.0987. The predicted octanol–water partition coefficient (Wildman–Crippen LogP) is 3.53. The van der Waals surface area contributed by atoms with Gasteiger partial charge in [-0.25, -0.2) is 0 Å². The van der Waals surface area contributed by atoms with Gasteiger partial charge in [-0.2, -0.15) is 0 Å². The number of hydrogen-bond donors (Lipinski definition) is 2. The topological polar surface area (TPSA) is 50.9 Å². The molecule has 4 heteroatoms. The van der Waals surface area contributed by atoms with Crippen molar-refractivity contribution in [2.75, 3.05) is 5.75 Å². The zero-order chi connectivity index (χ0) is 14.5. The van der Waals surface area contributed by atoms with E-state index >= 15 is 0 Å². The van der Waals surface area contributed by atoms with Crippen molar-refractivity contribution in [3.8, 4) is 0 Å². The highest BCUT2D eigenvalue weighted by molar-refractivity contribution is 7.99. The molecule has 0 spiro atoms. The highest BCUT2D eigenvalue weighted by atomic mass is 32.2. The maximum absolute atomic E-state index is 5.73. The quantitative estimate of drug-likeness (QED) is 0.429. The molecule has 1 atom stereocenters. The Morgan fingerprint density at radius 2 is 1.90 bits per heavy atom. The van der Waals surface area contributed by atoms with Gasteiger partial charge in [-0.15, -0.1) is 11.8 Å². The first-order valence-electron chi connectivity index (χ1n) is 6.85. The Balaban J connectivity index is 1.78. The lowest BCUT2D eigenvalue weighted by atomic mass is 10.1. The normalized spacial score (nSPS) is 12.4. The second kappa shape index (κ2) is 6.72. The van der Waals surface area contributed by atoms with Crippen LogP contribution in [-0.4, -0.2) is 10.7 Å². The molecule has 0 amide bonds. The van der Waals surface area contributed by atoms with Gasteiger partial charge in [0.2, 0.25) is 0 Å². The summed E-state index contributed by atoms with van der Waals surface area (Å²) >= 11 is 1.79. The molecule has 3 rings (SSSR count). The molecule has 106 valence electrons. The van der Waals surface area contributed by atoms with Crippen LogP contribution < -0.4 is 11.3 Å². The fourth-order valence-corrected chi connectivity index (χ4v) is 3.23. The van der Waals surface area contributed by atoms with Crippen LogP contribution in [0.5, 0.6) is 0 Å². The molecule has 0 aliphatic heterocycles. The SMILES string of the molecule is NNC(CSc1ccccc1)c1ccc2cccnc2c1. The molecule has 0 saturated carbocycles. The molecule has 1 unspecified atom stereocenters. The molecule has 0 bridgehead atoms. The van der Waals surface area contributed by atoms with E-state index in [4.69, 9.17) is 5.84 Å². The first kappa shape index (κ1) is 14.1. The molecule has 1 aromatic heterocycles. The van der Waals surface area contributed by atoms with Gasteiger partial charge in [-0.05, 0) is 29.8 Å². The number of benzene rings is 2. The molecule has 1 heterocycles. The van der Waals surface area contributed by atoms with Crippen LogP contribution in [0, 0.1) is 0 Å². The summed E-state index contributed by atoms with van der Waals surface area (Å²) in [6, 6.07) is 20.8. The molecular formula is C17H17N3S. The molecule has 0 aliphatic rings. The summed E-state index contributed by atoms with van der Waals surface area (Å²) in [6.07, 6.45) is 1.82. The predicted molar refractivity (Wildman–Crippen MR) is 89.0 cm³/mol. The lowest BCUT2D eigenvalue weighted by molar-refractivity contribution is 0.611.